The van der Waals surface area contributed by atoms with E-state index in [4.69, 9.17) is 24.2 Å². The van der Waals surface area contributed by atoms with Crippen molar-refractivity contribution in [3.8, 4) is 22.1 Å². The molecule has 0 saturated heterocycles. The van der Waals surface area contributed by atoms with Gasteiger partial charge >= 0.3 is 0 Å². The van der Waals surface area contributed by atoms with E-state index in [0.29, 0.717) is 18.1 Å². The number of benzene rings is 2. The number of thiazole rings is 1. The van der Waals surface area contributed by atoms with Crippen molar-refractivity contribution in [1.82, 2.24) is 14.5 Å². The molecule has 2 heterocycles. The summed E-state index contributed by atoms with van der Waals surface area (Å²) in [5.74, 6) is 2.14. The van der Waals surface area contributed by atoms with Crippen LogP contribution in [0.2, 0.25) is 0 Å². The van der Waals surface area contributed by atoms with E-state index in [9.17, 15) is 0 Å². The summed E-state index contributed by atoms with van der Waals surface area (Å²) in [6, 6.07) is 14.0. The second-order valence-electron chi connectivity index (χ2n) is 6.50. The number of thioether (sulfide) groups is 1. The van der Waals surface area contributed by atoms with Crippen LogP contribution in [0.25, 0.3) is 21.6 Å². The molecule has 2 aromatic heterocycles. The molecule has 0 amide bonds. The Kier molecular flexibility index (Phi) is 6.56. The lowest BCUT2D eigenvalue weighted by Gasteiger charge is -2.10. The highest BCUT2D eigenvalue weighted by Gasteiger charge is 2.16. The highest BCUT2D eigenvalue weighted by atomic mass is 32.2. The van der Waals surface area contributed by atoms with Crippen LogP contribution in [0.5, 0.6) is 11.5 Å². The monoisotopic (exact) mass is 441 g/mol. The van der Waals surface area contributed by atoms with Gasteiger partial charge in [0.05, 0.1) is 43.1 Å². The highest BCUT2D eigenvalue weighted by Crippen LogP contribution is 2.39. The summed E-state index contributed by atoms with van der Waals surface area (Å²) in [6.45, 7) is 1.41. The van der Waals surface area contributed by atoms with Gasteiger partial charge in [-0.15, -0.1) is 11.3 Å². The van der Waals surface area contributed by atoms with Gasteiger partial charge in [0, 0.05) is 24.8 Å². The SMILES string of the molecule is COCCn1c(SCc2csc(-c3cccc(OC)c3OC)n2)nc2ccccc21. The molecule has 30 heavy (non-hydrogen) atoms. The average molecular weight is 442 g/mol. The van der Waals surface area contributed by atoms with Gasteiger partial charge in [0.1, 0.15) is 5.01 Å². The van der Waals surface area contributed by atoms with Gasteiger partial charge in [-0.25, -0.2) is 9.97 Å². The number of ether oxygens (including phenoxy) is 3. The molecule has 0 N–H and O–H groups in total. The zero-order valence-corrected chi connectivity index (χ0v) is 18.8. The number of methoxy groups -OCH3 is 3. The van der Waals surface area contributed by atoms with Gasteiger partial charge < -0.3 is 18.8 Å². The van der Waals surface area contributed by atoms with E-state index in [1.54, 1.807) is 44.4 Å². The minimum Gasteiger partial charge on any atom is -0.493 e. The van der Waals surface area contributed by atoms with E-state index in [-0.39, 0.29) is 0 Å². The maximum absolute atomic E-state index is 5.56. The molecule has 156 valence electrons. The normalized spacial score (nSPS) is 11.2. The molecule has 0 radical (unpaired) electrons. The molecule has 6 nitrogen and oxygen atoms in total. The zero-order chi connectivity index (χ0) is 20.9. The Morgan fingerprint density at radius 1 is 1.00 bits per heavy atom. The quantitative estimate of drug-likeness (QED) is 0.336. The Hall–Kier alpha value is -2.55. The van der Waals surface area contributed by atoms with Crippen molar-refractivity contribution in [2.75, 3.05) is 27.9 Å². The minimum absolute atomic E-state index is 0.643. The Balaban J connectivity index is 1.56. The lowest BCUT2D eigenvalue weighted by molar-refractivity contribution is 0.186. The largest absolute Gasteiger partial charge is 0.493 e. The number of para-hydroxylation sites is 3. The second-order valence-corrected chi connectivity index (χ2v) is 8.30. The van der Waals surface area contributed by atoms with Crippen LogP contribution in [0.1, 0.15) is 5.69 Å². The molecule has 0 aliphatic carbocycles. The van der Waals surface area contributed by atoms with Crippen molar-refractivity contribution in [3.05, 3.63) is 53.5 Å². The summed E-state index contributed by atoms with van der Waals surface area (Å²) in [5.41, 5.74) is 4.06. The number of imidazole rings is 1. The van der Waals surface area contributed by atoms with Crippen molar-refractivity contribution in [3.63, 3.8) is 0 Å². The molecular weight excluding hydrogens is 418 g/mol. The molecule has 0 spiro atoms. The molecule has 0 aliphatic rings. The molecule has 4 aromatic rings. The molecule has 4 rings (SSSR count). The Labute approximate surface area is 183 Å². The number of hydrogen-bond donors (Lipinski definition) is 0. The fourth-order valence-electron chi connectivity index (χ4n) is 3.25. The van der Waals surface area contributed by atoms with E-state index in [1.165, 1.54) is 0 Å². The number of rotatable bonds is 9. The lowest BCUT2D eigenvalue weighted by Crippen LogP contribution is -2.05. The third kappa shape index (κ3) is 4.16. The van der Waals surface area contributed by atoms with E-state index in [0.717, 1.165) is 44.8 Å². The van der Waals surface area contributed by atoms with Crippen molar-refractivity contribution >= 4 is 34.1 Å². The summed E-state index contributed by atoms with van der Waals surface area (Å²) in [5, 5.41) is 3.97. The molecule has 0 bridgehead atoms. The van der Waals surface area contributed by atoms with E-state index < -0.39 is 0 Å². The van der Waals surface area contributed by atoms with Gasteiger partial charge in [-0.2, -0.15) is 0 Å². The molecule has 2 aromatic carbocycles. The molecule has 0 saturated carbocycles. The fraction of sp³-hybridized carbons (Fsp3) is 0.273. The van der Waals surface area contributed by atoms with E-state index in [1.807, 2.05) is 36.4 Å². The van der Waals surface area contributed by atoms with Gasteiger partial charge in [-0.1, -0.05) is 30.0 Å². The average Bonchev–Trinajstić information content (AvgIpc) is 3.40. The summed E-state index contributed by atoms with van der Waals surface area (Å²) in [7, 11) is 5.01. The van der Waals surface area contributed by atoms with Crippen LogP contribution in [-0.4, -0.2) is 42.5 Å². The first-order valence-corrected chi connectivity index (χ1v) is 11.3. The smallest absolute Gasteiger partial charge is 0.170 e. The summed E-state index contributed by atoms with van der Waals surface area (Å²) in [4.78, 5) is 9.63. The number of hydrogen-bond acceptors (Lipinski definition) is 7. The fourth-order valence-corrected chi connectivity index (χ4v) is 5.13. The van der Waals surface area contributed by atoms with Crippen molar-refractivity contribution < 1.29 is 14.2 Å². The van der Waals surface area contributed by atoms with Gasteiger partial charge in [0.2, 0.25) is 0 Å². The lowest BCUT2D eigenvalue weighted by atomic mass is 10.2. The Morgan fingerprint density at radius 2 is 1.87 bits per heavy atom. The molecule has 0 aliphatic heterocycles. The van der Waals surface area contributed by atoms with Crippen LogP contribution in [0.3, 0.4) is 0 Å². The molecule has 0 atom stereocenters. The predicted molar refractivity (Wildman–Crippen MR) is 122 cm³/mol. The maximum Gasteiger partial charge on any atom is 0.170 e. The van der Waals surface area contributed by atoms with Gasteiger partial charge in [0.25, 0.3) is 0 Å². The highest BCUT2D eigenvalue weighted by molar-refractivity contribution is 7.98. The van der Waals surface area contributed by atoms with Crippen LogP contribution in [0.4, 0.5) is 0 Å². The maximum atomic E-state index is 5.56. The number of nitrogens with zero attached hydrogens (tertiary/aromatic N) is 3. The second kappa shape index (κ2) is 9.51. The third-order valence-electron chi connectivity index (χ3n) is 4.67. The summed E-state index contributed by atoms with van der Waals surface area (Å²) >= 11 is 3.29. The third-order valence-corrected chi connectivity index (χ3v) is 6.61. The van der Waals surface area contributed by atoms with Crippen molar-refractivity contribution in [1.29, 1.82) is 0 Å². The topological polar surface area (TPSA) is 58.4 Å². The number of fused-ring (bicyclic) bond motifs is 1. The Bertz CT molecular complexity index is 1140. The minimum atomic E-state index is 0.643. The van der Waals surface area contributed by atoms with E-state index in [2.05, 4.69) is 16.0 Å². The van der Waals surface area contributed by atoms with Gasteiger partial charge in [-0.05, 0) is 24.3 Å². The van der Waals surface area contributed by atoms with Gasteiger partial charge in [-0.3, -0.25) is 0 Å². The van der Waals surface area contributed by atoms with E-state index >= 15 is 0 Å². The van der Waals surface area contributed by atoms with Crippen LogP contribution >= 0.6 is 23.1 Å². The summed E-state index contributed by atoms with van der Waals surface area (Å²) < 4.78 is 18.5. The molecule has 0 unspecified atom stereocenters. The molecular formula is C22H23N3O3S2. The predicted octanol–water partition coefficient (Wildman–Crippen LogP) is 5.12. The summed E-state index contributed by atoms with van der Waals surface area (Å²) in [6.07, 6.45) is 0. The molecule has 0 fully saturated rings. The van der Waals surface area contributed by atoms with Crippen LogP contribution < -0.4 is 9.47 Å². The molecule has 8 heteroatoms. The first-order chi connectivity index (χ1) is 14.7. The zero-order valence-electron chi connectivity index (χ0n) is 17.1. The first kappa shape index (κ1) is 20.7. The van der Waals surface area contributed by atoms with Crippen molar-refractivity contribution in [2.24, 2.45) is 0 Å². The van der Waals surface area contributed by atoms with Crippen LogP contribution in [0.15, 0.2) is 53.0 Å². The first-order valence-electron chi connectivity index (χ1n) is 9.48. The van der Waals surface area contributed by atoms with Crippen LogP contribution in [0, 0.1) is 0 Å². The standard InChI is InChI=1S/C22H23N3O3S2/c1-26-12-11-25-18-9-5-4-8-17(18)24-22(25)30-14-15-13-29-21(23-15)16-7-6-10-19(27-2)20(16)28-3/h4-10,13H,11-12,14H2,1-3H3. The number of aromatic nitrogens is 3. The van der Waals surface area contributed by atoms with Gasteiger partial charge in [0.15, 0.2) is 16.7 Å². The Morgan fingerprint density at radius 3 is 2.67 bits per heavy atom. The van der Waals surface area contributed by atoms with Crippen molar-refractivity contribution in [2.45, 2.75) is 17.5 Å². The van der Waals surface area contributed by atoms with Crippen LogP contribution in [-0.2, 0) is 17.0 Å².